The van der Waals surface area contributed by atoms with Crippen molar-refractivity contribution in [2.45, 2.75) is 26.3 Å². The Morgan fingerprint density at radius 1 is 1.45 bits per heavy atom. The fourth-order valence-corrected chi connectivity index (χ4v) is 2.61. The number of rotatable bonds is 4. The summed E-state index contributed by atoms with van der Waals surface area (Å²) in [5.41, 5.74) is 2.12. The summed E-state index contributed by atoms with van der Waals surface area (Å²) in [5, 5.41) is 7.73. The lowest BCUT2D eigenvalue weighted by molar-refractivity contribution is 0.0481. The number of hydrogen-bond donors (Lipinski definition) is 0. The number of carbonyl (C=O) groups excluding carboxylic acids is 1. The van der Waals surface area contributed by atoms with Gasteiger partial charge < -0.3 is 13.9 Å². The average Bonchev–Trinajstić information content (AvgIpc) is 3.09. The third-order valence-electron chi connectivity index (χ3n) is 3.57. The topological polar surface area (TPSA) is 77.7 Å². The molecule has 0 saturated carbocycles. The van der Waals surface area contributed by atoms with Crippen LogP contribution in [-0.4, -0.2) is 35.9 Å². The van der Waals surface area contributed by atoms with Gasteiger partial charge in [0.1, 0.15) is 5.75 Å². The highest BCUT2D eigenvalue weighted by atomic mass is 16.5. The molecule has 0 aliphatic carbocycles. The van der Waals surface area contributed by atoms with Crippen LogP contribution in [0.4, 0.5) is 11.7 Å². The first kappa shape index (κ1) is 14.4. The number of aromatic nitrogens is 2. The maximum Gasteiger partial charge on any atom is 0.396 e. The summed E-state index contributed by atoms with van der Waals surface area (Å²) < 4.78 is 15.6. The molecule has 0 radical (unpaired) electrons. The number of ether oxygens (including phenoxy) is 2. The molecular formula is C15H17N3O4. The van der Waals surface area contributed by atoms with E-state index in [4.69, 9.17) is 13.9 Å². The summed E-state index contributed by atoms with van der Waals surface area (Å²) in [6, 6.07) is 6.27. The van der Waals surface area contributed by atoms with Gasteiger partial charge in [0.15, 0.2) is 0 Å². The molecule has 22 heavy (non-hydrogen) atoms. The van der Waals surface area contributed by atoms with Crippen molar-refractivity contribution in [1.82, 2.24) is 10.2 Å². The van der Waals surface area contributed by atoms with Crippen molar-refractivity contribution in [2.24, 2.45) is 0 Å². The Morgan fingerprint density at radius 2 is 2.27 bits per heavy atom. The Hall–Kier alpha value is -2.57. The molecule has 0 amide bonds. The monoisotopic (exact) mass is 303 g/mol. The third-order valence-corrected chi connectivity index (χ3v) is 3.57. The molecule has 3 rings (SSSR count). The van der Waals surface area contributed by atoms with Crippen molar-refractivity contribution in [3.63, 3.8) is 0 Å². The van der Waals surface area contributed by atoms with E-state index in [0.29, 0.717) is 6.01 Å². The minimum atomic E-state index is -0.608. The van der Waals surface area contributed by atoms with Crippen LogP contribution < -0.4 is 9.64 Å². The van der Waals surface area contributed by atoms with Crippen molar-refractivity contribution in [1.29, 1.82) is 0 Å². The van der Waals surface area contributed by atoms with Gasteiger partial charge in [0, 0.05) is 11.7 Å². The number of esters is 1. The van der Waals surface area contributed by atoms with Crippen LogP contribution in [0.1, 0.15) is 30.1 Å². The highest BCUT2D eigenvalue weighted by Crippen LogP contribution is 2.39. The Balaban J connectivity index is 1.92. The Morgan fingerprint density at radius 3 is 3.00 bits per heavy atom. The highest BCUT2D eigenvalue weighted by molar-refractivity contribution is 5.84. The van der Waals surface area contributed by atoms with Gasteiger partial charge in [0.2, 0.25) is 0 Å². The number of anilines is 2. The van der Waals surface area contributed by atoms with Crippen LogP contribution in [0.15, 0.2) is 22.6 Å². The van der Waals surface area contributed by atoms with Crippen LogP contribution >= 0.6 is 0 Å². The van der Waals surface area contributed by atoms with Crippen LogP contribution in [0, 0.1) is 0 Å². The molecular weight excluding hydrogens is 286 g/mol. The largest absolute Gasteiger partial charge is 0.497 e. The van der Waals surface area contributed by atoms with Gasteiger partial charge in [-0.2, -0.15) is 0 Å². The molecule has 1 aliphatic heterocycles. The van der Waals surface area contributed by atoms with E-state index in [1.807, 2.05) is 23.1 Å². The van der Waals surface area contributed by atoms with E-state index in [1.54, 1.807) is 14.0 Å². The highest BCUT2D eigenvalue weighted by Gasteiger charge is 2.32. The predicted molar refractivity (Wildman–Crippen MR) is 78.6 cm³/mol. The number of fused-ring (bicyclic) bond motifs is 1. The second kappa shape index (κ2) is 5.67. The van der Waals surface area contributed by atoms with Crippen LogP contribution in [0.3, 0.4) is 0 Å². The van der Waals surface area contributed by atoms with Gasteiger partial charge in [-0.15, -0.1) is 0 Å². The van der Waals surface area contributed by atoms with Crippen LogP contribution in [0.25, 0.3) is 0 Å². The smallest absolute Gasteiger partial charge is 0.396 e. The van der Waals surface area contributed by atoms with E-state index in [0.717, 1.165) is 23.4 Å². The first-order valence-corrected chi connectivity index (χ1v) is 7.10. The van der Waals surface area contributed by atoms with E-state index in [9.17, 15) is 4.79 Å². The molecule has 0 N–H and O–H groups in total. The average molecular weight is 303 g/mol. The fraction of sp³-hybridized carbons (Fsp3) is 0.400. The van der Waals surface area contributed by atoms with E-state index < -0.39 is 5.97 Å². The molecule has 1 aliphatic rings. The second-order valence-corrected chi connectivity index (χ2v) is 5.03. The van der Waals surface area contributed by atoms with Gasteiger partial charge in [0.05, 0.1) is 13.7 Å². The molecule has 1 atom stereocenters. The molecule has 2 aromatic rings. The molecule has 0 spiro atoms. The summed E-state index contributed by atoms with van der Waals surface area (Å²) >= 11 is 0. The van der Waals surface area contributed by atoms with Crippen molar-refractivity contribution >= 4 is 17.7 Å². The van der Waals surface area contributed by atoms with Gasteiger partial charge in [-0.05, 0) is 44.0 Å². The molecule has 0 fully saturated rings. The minimum absolute atomic E-state index is 0.133. The molecule has 0 bridgehead atoms. The second-order valence-electron chi connectivity index (χ2n) is 5.03. The van der Waals surface area contributed by atoms with Crippen LogP contribution in [0.2, 0.25) is 0 Å². The zero-order chi connectivity index (χ0) is 15.7. The first-order valence-electron chi connectivity index (χ1n) is 7.10. The lowest BCUT2D eigenvalue weighted by Crippen LogP contribution is -2.24. The molecule has 1 unspecified atom stereocenters. The summed E-state index contributed by atoms with van der Waals surface area (Å²) in [4.78, 5) is 13.6. The van der Waals surface area contributed by atoms with Gasteiger partial charge in [-0.1, -0.05) is 10.2 Å². The zero-order valence-corrected chi connectivity index (χ0v) is 12.7. The van der Waals surface area contributed by atoms with E-state index in [1.165, 1.54) is 0 Å². The lowest BCUT2D eigenvalue weighted by atomic mass is 10.1. The van der Waals surface area contributed by atoms with E-state index >= 15 is 0 Å². The molecule has 7 heteroatoms. The quantitative estimate of drug-likeness (QED) is 0.802. The van der Waals surface area contributed by atoms with Crippen molar-refractivity contribution in [3.8, 4) is 5.75 Å². The maximum absolute atomic E-state index is 11.6. The Labute approximate surface area is 127 Å². The minimum Gasteiger partial charge on any atom is -0.497 e. The number of carbonyl (C=O) groups is 1. The molecule has 116 valence electrons. The van der Waals surface area contributed by atoms with Gasteiger partial charge in [-0.3, -0.25) is 4.90 Å². The van der Waals surface area contributed by atoms with Crippen molar-refractivity contribution < 1.29 is 18.7 Å². The fourth-order valence-electron chi connectivity index (χ4n) is 2.61. The molecule has 7 nitrogen and oxygen atoms in total. The van der Waals surface area contributed by atoms with Crippen LogP contribution in [0.5, 0.6) is 5.75 Å². The van der Waals surface area contributed by atoms with Crippen molar-refractivity contribution in [2.75, 3.05) is 18.6 Å². The number of methoxy groups -OCH3 is 1. The number of nitrogens with zero attached hydrogens (tertiary/aromatic N) is 3. The maximum atomic E-state index is 11.6. The first-order chi connectivity index (χ1) is 10.6. The third kappa shape index (κ3) is 2.38. The predicted octanol–water partition coefficient (Wildman–Crippen LogP) is 2.34. The molecule has 1 aromatic carbocycles. The van der Waals surface area contributed by atoms with Gasteiger partial charge in [-0.25, -0.2) is 4.79 Å². The number of hydrogen-bond acceptors (Lipinski definition) is 7. The summed E-state index contributed by atoms with van der Waals surface area (Å²) in [7, 11) is 1.64. The van der Waals surface area contributed by atoms with Gasteiger partial charge in [0.25, 0.3) is 0 Å². The Bertz CT molecular complexity index is 698. The Kier molecular flexibility index (Phi) is 3.70. The normalized spacial score (nSPS) is 16.5. The van der Waals surface area contributed by atoms with Crippen LogP contribution in [-0.2, 0) is 11.2 Å². The standard InChI is InChI=1S/C15H17N3O4/c1-4-21-14(19)13-16-17-15(22-13)18-9(2)7-10-8-11(20-3)5-6-12(10)18/h5-6,8-9H,4,7H2,1-3H3. The molecule has 0 saturated heterocycles. The summed E-state index contributed by atoms with van der Waals surface area (Å²) in [6.45, 7) is 4.04. The molecule has 1 aromatic heterocycles. The van der Waals surface area contributed by atoms with E-state index in [-0.39, 0.29) is 18.5 Å². The van der Waals surface area contributed by atoms with E-state index in [2.05, 4.69) is 17.1 Å². The number of benzene rings is 1. The van der Waals surface area contributed by atoms with Gasteiger partial charge >= 0.3 is 17.9 Å². The molecule has 2 heterocycles. The SMILES string of the molecule is CCOC(=O)c1nnc(N2c3ccc(OC)cc3CC2C)o1. The summed E-state index contributed by atoms with van der Waals surface area (Å²) in [6.07, 6.45) is 0.837. The lowest BCUT2D eigenvalue weighted by Gasteiger charge is -2.19. The zero-order valence-electron chi connectivity index (χ0n) is 12.7. The van der Waals surface area contributed by atoms with Crippen molar-refractivity contribution in [3.05, 3.63) is 29.7 Å². The summed E-state index contributed by atoms with van der Waals surface area (Å²) in [5.74, 6) is 0.0691.